The summed E-state index contributed by atoms with van der Waals surface area (Å²) in [5.41, 5.74) is 2.29. The van der Waals surface area contributed by atoms with E-state index in [9.17, 15) is 0 Å². The molecule has 0 saturated carbocycles. The van der Waals surface area contributed by atoms with Crippen molar-refractivity contribution in [2.24, 2.45) is 5.92 Å². The highest BCUT2D eigenvalue weighted by Gasteiger charge is 2.13. The van der Waals surface area contributed by atoms with E-state index in [2.05, 4.69) is 39.4 Å². The minimum absolute atomic E-state index is 0.700. The molecule has 3 heterocycles. The van der Waals surface area contributed by atoms with Crippen molar-refractivity contribution in [3.05, 3.63) is 30.1 Å². The third-order valence-corrected chi connectivity index (χ3v) is 4.36. The fourth-order valence-corrected chi connectivity index (χ4v) is 3.26. The predicted octanol–water partition coefficient (Wildman–Crippen LogP) is 2.77. The van der Waals surface area contributed by atoms with Crippen LogP contribution in [-0.4, -0.2) is 41.0 Å². The predicted molar refractivity (Wildman–Crippen MR) is 87.3 cm³/mol. The van der Waals surface area contributed by atoms with Gasteiger partial charge in [-0.25, -0.2) is 4.98 Å². The molecular formula is C17H26N4. The second-order valence-corrected chi connectivity index (χ2v) is 6.31. The van der Waals surface area contributed by atoms with Gasteiger partial charge in [0.05, 0.1) is 0 Å². The number of rotatable bonds is 6. The number of fused-ring (bicyclic) bond motifs is 1. The Morgan fingerprint density at radius 1 is 1.33 bits per heavy atom. The monoisotopic (exact) mass is 286 g/mol. The molecule has 1 saturated heterocycles. The van der Waals surface area contributed by atoms with Crippen LogP contribution in [0.1, 0.15) is 31.7 Å². The van der Waals surface area contributed by atoms with Crippen molar-refractivity contribution in [1.29, 1.82) is 0 Å². The average Bonchev–Trinajstić information content (AvgIpc) is 2.92. The largest absolute Gasteiger partial charge is 0.346 e. The third kappa shape index (κ3) is 3.83. The highest BCUT2D eigenvalue weighted by atomic mass is 15.1. The fraction of sp³-hybridized carbons (Fsp3) is 0.588. The van der Waals surface area contributed by atoms with Crippen LogP contribution in [0.15, 0.2) is 24.5 Å². The smallest absolute Gasteiger partial charge is 0.137 e. The summed E-state index contributed by atoms with van der Waals surface area (Å²) >= 11 is 0. The molecule has 0 aromatic carbocycles. The van der Waals surface area contributed by atoms with Crippen LogP contribution in [0.3, 0.4) is 0 Å². The summed E-state index contributed by atoms with van der Waals surface area (Å²) < 4.78 is 0. The molecule has 2 aromatic heterocycles. The normalized spacial score (nSPS) is 18.1. The van der Waals surface area contributed by atoms with Gasteiger partial charge in [-0.15, -0.1) is 0 Å². The quantitative estimate of drug-likeness (QED) is 0.858. The molecule has 2 N–H and O–H groups in total. The van der Waals surface area contributed by atoms with E-state index in [0.29, 0.717) is 5.92 Å². The standard InChI is InChI=1S/C17H26N4/c1-14(13-21-8-3-2-4-9-21)10-18-11-15-12-20-17-16(15)6-5-7-19-17/h5-7,12,14,18H,2-4,8-11,13H2,1H3,(H,19,20). The van der Waals surface area contributed by atoms with Crippen molar-refractivity contribution in [3.8, 4) is 0 Å². The van der Waals surface area contributed by atoms with Crippen molar-refractivity contribution >= 4 is 11.0 Å². The number of H-pyrrole nitrogens is 1. The summed E-state index contributed by atoms with van der Waals surface area (Å²) in [7, 11) is 0. The number of pyridine rings is 1. The van der Waals surface area contributed by atoms with Crippen LogP contribution in [0.25, 0.3) is 11.0 Å². The molecule has 1 fully saturated rings. The first kappa shape index (κ1) is 14.5. The van der Waals surface area contributed by atoms with Crippen LogP contribution in [-0.2, 0) is 6.54 Å². The highest BCUT2D eigenvalue weighted by Crippen LogP contribution is 2.15. The Labute approximate surface area is 126 Å². The first-order valence-electron chi connectivity index (χ1n) is 8.17. The Morgan fingerprint density at radius 3 is 3.05 bits per heavy atom. The van der Waals surface area contributed by atoms with Crippen LogP contribution in [0.4, 0.5) is 0 Å². The molecular weight excluding hydrogens is 260 g/mol. The van der Waals surface area contributed by atoms with Gasteiger partial charge in [-0.05, 0) is 56.1 Å². The zero-order chi connectivity index (χ0) is 14.5. The van der Waals surface area contributed by atoms with Gasteiger partial charge in [0.1, 0.15) is 5.65 Å². The van der Waals surface area contributed by atoms with E-state index in [1.807, 2.05) is 12.3 Å². The molecule has 21 heavy (non-hydrogen) atoms. The molecule has 1 aliphatic heterocycles. The first-order valence-corrected chi connectivity index (χ1v) is 8.17. The zero-order valence-corrected chi connectivity index (χ0v) is 12.9. The Balaban J connectivity index is 1.45. The molecule has 3 rings (SSSR count). The van der Waals surface area contributed by atoms with Gasteiger partial charge in [0.15, 0.2) is 0 Å². The van der Waals surface area contributed by atoms with E-state index in [0.717, 1.165) is 18.7 Å². The Hall–Kier alpha value is -1.39. The number of aromatic nitrogens is 2. The zero-order valence-electron chi connectivity index (χ0n) is 12.9. The number of nitrogens with zero attached hydrogens (tertiary/aromatic N) is 2. The molecule has 2 aromatic rings. The van der Waals surface area contributed by atoms with E-state index >= 15 is 0 Å². The number of hydrogen-bond acceptors (Lipinski definition) is 3. The van der Waals surface area contributed by atoms with Crippen molar-refractivity contribution in [3.63, 3.8) is 0 Å². The SMILES string of the molecule is CC(CNCc1c[nH]c2ncccc12)CN1CCCCC1. The van der Waals surface area contributed by atoms with Crippen LogP contribution >= 0.6 is 0 Å². The molecule has 0 spiro atoms. The number of piperidine rings is 1. The first-order chi connectivity index (χ1) is 10.3. The van der Waals surface area contributed by atoms with Crippen LogP contribution in [0.2, 0.25) is 0 Å². The fourth-order valence-electron chi connectivity index (χ4n) is 3.26. The summed E-state index contributed by atoms with van der Waals surface area (Å²) in [5, 5.41) is 4.83. The maximum absolute atomic E-state index is 4.33. The van der Waals surface area contributed by atoms with Crippen molar-refractivity contribution in [1.82, 2.24) is 20.2 Å². The lowest BCUT2D eigenvalue weighted by Crippen LogP contribution is -2.36. The van der Waals surface area contributed by atoms with E-state index in [4.69, 9.17) is 0 Å². The Bertz CT molecular complexity index is 557. The minimum Gasteiger partial charge on any atom is -0.346 e. The van der Waals surface area contributed by atoms with Gasteiger partial charge in [-0.3, -0.25) is 0 Å². The van der Waals surface area contributed by atoms with E-state index in [1.165, 1.54) is 49.8 Å². The lowest BCUT2D eigenvalue weighted by atomic mass is 10.1. The second-order valence-electron chi connectivity index (χ2n) is 6.31. The van der Waals surface area contributed by atoms with E-state index in [1.54, 1.807) is 0 Å². The van der Waals surface area contributed by atoms with Gasteiger partial charge in [0.2, 0.25) is 0 Å². The van der Waals surface area contributed by atoms with Crippen molar-refractivity contribution < 1.29 is 0 Å². The van der Waals surface area contributed by atoms with Gasteiger partial charge in [0, 0.05) is 30.9 Å². The minimum atomic E-state index is 0.700. The average molecular weight is 286 g/mol. The summed E-state index contributed by atoms with van der Waals surface area (Å²) in [4.78, 5) is 10.2. The van der Waals surface area contributed by atoms with E-state index < -0.39 is 0 Å². The molecule has 0 aliphatic carbocycles. The molecule has 114 valence electrons. The highest BCUT2D eigenvalue weighted by molar-refractivity contribution is 5.79. The van der Waals surface area contributed by atoms with E-state index in [-0.39, 0.29) is 0 Å². The van der Waals surface area contributed by atoms with Crippen molar-refractivity contribution in [2.75, 3.05) is 26.2 Å². The summed E-state index contributed by atoms with van der Waals surface area (Å²) in [6, 6.07) is 4.13. The van der Waals surface area contributed by atoms with Gasteiger partial charge in [-0.1, -0.05) is 13.3 Å². The van der Waals surface area contributed by atoms with Crippen molar-refractivity contribution in [2.45, 2.75) is 32.7 Å². The lowest BCUT2D eigenvalue weighted by Gasteiger charge is -2.29. The molecule has 4 heteroatoms. The van der Waals surface area contributed by atoms with Gasteiger partial charge >= 0.3 is 0 Å². The molecule has 1 aliphatic rings. The topological polar surface area (TPSA) is 44.0 Å². The molecule has 1 atom stereocenters. The molecule has 0 amide bonds. The summed E-state index contributed by atoms with van der Waals surface area (Å²) in [6.07, 6.45) is 8.07. The molecule has 0 radical (unpaired) electrons. The molecule has 0 bridgehead atoms. The van der Waals surface area contributed by atoms with Crippen LogP contribution in [0.5, 0.6) is 0 Å². The maximum Gasteiger partial charge on any atom is 0.137 e. The maximum atomic E-state index is 4.33. The third-order valence-electron chi connectivity index (χ3n) is 4.36. The van der Waals surface area contributed by atoms with Crippen LogP contribution in [0, 0.1) is 5.92 Å². The number of aromatic amines is 1. The molecule has 4 nitrogen and oxygen atoms in total. The second kappa shape index (κ2) is 7.05. The van der Waals surface area contributed by atoms with Gasteiger partial charge < -0.3 is 15.2 Å². The lowest BCUT2D eigenvalue weighted by molar-refractivity contribution is 0.199. The Kier molecular flexibility index (Phi) is 4.88. The summed E-state index contributed by atoms with van der Waals surface area (Å²) in [5.74, 6) is 0.700. The van der Waals surface area contributed by atoms with Gasteiger partial charge in [0.25, 0.3) is 0 Å². The number of hydrogen-bond donors (Lipinski definition) is 2. The Morgan fingerprint density at radius 2 is 2.19 bits per heavy atom. The van der Waals surface area contributed by atoms with Gasteiger partial charge in [-0.2, -0.15) is 0 Å². The molecule has 1 unspecified atom stereocenters. The van der Waals surface area contributed by atoms with Crippen LogP contribution < -0.4 is 5.32 Å². The number of likely N-dealkylation sites (tertiary alicyclic amines) is 1. The summed E-state index contributed by atoms with van der Waals surface area (Å²) in [6.45, 7) is 8.14. The number of nitrogens with one attached hydrogen (secondary N) is 2.